The molecule has 1 amide bonds. The van der Waals surface area contributed by atoms with Crippen LogP contribution < -0.4 is 9.46 Å². The topological polar surface area (TPSA) is 128 Å². The smallest absolute Gasteiger partial charge is 0.304 e. The predicted molar refractivity (Wildman–Crippen MR) is 163 cm³/mol. The minimum absolute atomic E-state index is 0.0384. The lowest BCUT2D eigenvalue weighted by molar-refractivity contribution is -0.325. The molecule has 1 aromatic carbocycles. The third kappa shape index (κ3) is 6.08. The first kappa shape index (κ1) is 29.6. The minimum Gasteiger partial charge on any atom is -0.492 e. The summed E-state index contributed by atoms with van der Waals surface area (Å²) in [5.74, 6) is 0.0596. The maximum absolute atomic E-state index is 13.6. The van der Waals surface area contributed by atoms with Crippen LogP contribution in [0.1, 0.15) is 73.5 Å². The Bertz CT molecular complexity index is 1570. The molecule has 4 fully saturated rings. The third-order valence-electron chi connectivity index (χ3n) is 9.47. The Balaban J connectivity index is 1.19. The maximum Gasteiger partial charge on any atom is 0.304 e. The molecule has 1 unspecified atom stereocenters. The van der Waals surface area contributed by atoms with Gasteiger partial charge in [-0.25, -0.2) is 24.2 Å². The number of nitrogens with one attached hydrogen (secondary N) is 1. The van der Waals surface area contributed by atoms with E-state index in [0.29, 0.717) is 50.3 Å². The molecule has 1 saturated carbocycles. The van der Waals surface area contributed by atoms with Crippen LogP contribution in [0.3, 0.4) is 0 Å². The van der Waals surface area contributed by atoms with Crippen molar-refractivity contribution in [2.45, 2.75) is 63.3 Å². The number of ether oxygens (including phenoxy) is 1. The number of carbonyl (C=O) groups is 1. The third-order valence-corrected chi connectivity index (χ3v) is 11.0. The molecule has 7 rings (SSSR count). The van der Waals surface area contributed by atoms with E-state index in [2.05, 4.69) is 9.62 Å². The van der Waals surface area contributed by atoms with Crippen LogP contribution in [0.4, 0.5) is 0 Å². The van der Waals surface area contributed by atoms with Crippen LogP contribution in [0.5, 0.6) is 5.75 Å². The van der Waals surface area contributed by atoms with Crippen LogP contribution in [0.15, 0.2) is 36.4 Å². The highest BCUT2D eigenvalue weighted by molar-refractivity contribution is 7.87. The lowest BCUT2D eigenvalue weighted by Crippen LogP contribution is -2.50. The number of para-hydroxylation sites is 1. The molecule has 1 aliphatic carbocycles. The quantitative estimate of drug-likeness (QED) is 0.356. The first-order valence-electron chi connectivity index (χ1n) is 15.9. The van der Waals surface area contributed by atoms with Gasteiger partial charge in [-0.1, -0.05) is 24.6 Å². The van der Waals surface area contributed by atoms with Gasteiger partial charge in [-0.2, -0.15) is 17.8 Å². The number of pyridine rings is 1. The normalized spacial score (nSPS) is 22.7. The van der Waals surface area contributed by atoms with Gasteiger partial charge in [0.1, 0.15) is 11.4 Å². The van der Waals surface area contributed by atoms with Crippen molar-refractivity contribution in [2.24, 2.45) is 5.92 Å². The number of nitrogens with zero attached hydrogens (tertiary/aromatic N) is 5. The fraction of sp³-hybridized carbons (Fsp3) is 0.581. The molecule has 3 aliphatic heterocycles. The molecule has 1 atom stereocenters. The fourth-order valence-electron chi connectivity index (χ4n) is 6.68. The van der Waals surface area contributed by atoms with Gasteiger partial charge >= 0.3 is 10.2 Å². The molecular formula is C31H40N6O6S. The van der Waals surface area contributed by atoms with Gasteiger partial charge in [-0.05, 0) is 70.2 Å². The first-order valence-corrected chi connectivity index (χ1v) is 17.3. The molecule has 3 aromatic rings. The van der Waals surface area contributed by atoms with E-state index in [-0.39, 0.29) is 17.5 Å². The number of amides is 1. The number of rotatable bonds is 9. The summed E-state index contributed by atoms with van der Waals surface area (Å²) in [6, 6.07) is 11.6. The average molecular weight is 625 g/mol. The summed E-state index contributed by atoms with van der Waals surface area (Å²) in [6.45, 7) is 4.17. The van der Waals surface area contributed by atoms with E-state index in [0.717, 1.165) is 68.4 Å². The first-order chi connectivity index (χ1) is 21.5. The molecular weight excluding hydrogens is 584 g/mol. The molecule has 13 heteroatoms. The highest BCUT2D eigenvalue weighted by atomic mass is 32.2. The fourth-order valence-corrected chi connectivity index (χ4v) is 7.84. The summed E-state index contributed by atoms with van der Waals surface area (Å²) in [7, 11) is -4.06. The molecule has 0 spiro atoms. The number of aromatic nitrogens is 3. The summed E-state index contributed by atoms with van der Waals surface area (Å²) in [6.07, 6.45) is 7.86. The van der Waals surface area contributed by atoms with Gasteiger partial charge in [-0.15, -0.1) is 0 Å². The molecule has 0 bridgehead atoms. The van der Waals surface area contributed by atoms with Crippen LogP contribution in [-0.4, -0.2) is 90.3 Å². The number of carbonyl (C=O) groups excluding carboxylic acids is 1. The summed E-state index contributed by atoms with van der Waals surface area (Å²) in [5.41, 5.74) is 2.11. The van der Waals surface area contributed by atoms with E-state index in [4.69, 9.17) is 24.6 Å². The minimum atomic E-state index is -4.06. The second-order valence-corrected chi connectivity index (χ2v) is 14.0. The van der Waals surface area contributed by atoms with Crippen LogP contribution >= 0.6 is 0 Å². The predicted octanol–water partition coefficient (Wildman–Crippen LogP) is 3.57. The van der Waals surface area contributed by atoms with Crippen LogP contribution in [-0.2, 0) is 20.0 Å². The zero-order valence-electron chi connectivity index (χ0n) is 24.9. The number of fused-ring (bicyclic) bond motifs is 1. The van der Waals surface area contributed by atoms with Gasteiger partial charge in [0.05, 0.1) is 36.6 Å². The Labute approximate surface area is 257 Å². The Hall–Kier alpha value is -3.10. The second-order valence-electron chi connectivity index (χ2n) is 12.3. The maximum atomic E-state index is 13.6. The van der Waals surface area contributed by atoms with Crippen molar-refractivity contribution in [1.29, 1.82) is 0 Å². The Morgan fingerprint density at radius 2 is 1.75 bits per heavy atom. The number of hydrogen-bond donors (Lipinski definition) is 1. The zero-order valence-corrected chi connectivity index (χ0v) is 25.7. The van der Waals surface area contributed by atoms with Crippen molar-refractivity contribution in [1.82, 2.24) is 28.7 Å². The van der Waals surface area contributed by atoms with Crippen molar-refractivity contribution in [3.8, 4) is 11.4 Å². The molecule has 5 heterocycles. The largest absolute Gasteiger partial charge is 0.492 e. The highest BCUT2D eigenvalue weighted by Gasteiger charge is 2.34. The lowest BCUT2D eigenvalue weighted by atomic mass is 9.82. The summed E-state index contributed by atoms with van der Waals surface area (Å²) in [4.78, 5) is 31.0. The molecule has 3 saturated heterocycles. The van der Waals surface area contributed by atoms with E-state index in [1.807, 2.05) is 30.3 Å². The Morgan fingerprint density at radius 1 is 0.977 bits per heavy atom. The second kappa shape index (κ2) is 12.7. The van der Waals surface area contributed by atoms with Gasteiger partial charge in [0, 0.05) is 37.0 Å². The number of benzene rings is 1. The van der Waals surface area contributed by atoms with Crippen molar-refractivity contribution in [3.63, 3.8) is 0 Å². The van der Waals surface area contributed by atoms with Crippen molar-refractivity contribution in [3.05, 3.63) is 47.8 Å². The molecule has 236 valence electrons. The standard InChI is InChI=1S/C31H40N6O6S/c38-31(34-44(39,40)36-16-11-24(12-17-36)35-14-4-5-15-35)26-19-27(41-20-22-13-18-42-43-21-22)28-29(23-7-6-8-23)33-37(30(28)32-26)25-9-2-1-3-10-25/h1-3,9-10,19,22-24H,4-8,11-18,20-21H2,(H,34,38). The Kier molecular flexibility index (Phi) is 8.56. The SMILES string of the molecule is O=C(NS(=O)(=O)N1CCC(N2CCCC2)CC1)c1cc(OCC2CCOOC2)c2c(C3CCC3)nn(-c3ccccc3)c2n1. The van der Waals surface area contributed by atoms with E-state index in [1.54, 1.807) is 10.7 Å². The summed E-state index contributed by atoms with van der Waals surface area (Å²) < 4.78 is 38.6. The molecule has 0 radical (unpaired) electrons. The molecule has 12 nitrogen and oxygen atoms in total. The highest BCUT2D eigenvalue weighted by Crippen LogP contribution is 2.42. The van der Waals surface area contributed by atoms with Gasteiger partial charge in [0.25, 0.3) is 5.91 Å². The number of likely N-dealkylation sites (tertiary alicyclic amines) is 1. The van der Waals surface area contributed by atoms with E-state index in [9.17, 15) is 13.2 Å². The van der Waals surface area contributed by atoms with Crippen molar-refractivity contribution < 1.29 is 27.7 Å². The van der Waals surface area contributed by atoms with Crippen LogP contribution in [0, 0.1) is 5.92 Å². The van der Waals surface area contributed by atoms with Gasteiger partial charge in [0.15, 0.2) is 5.65 Å². The number of piperidine rings is 1. The van der Waals surface area contributed by atoms with E-state index in [1.165, 1.54) is 17.1 Å². The molecule has 1 N–H and O–H groups in total. The average Bonchev–Trinajstić information content (AvgIpc) is 3.69. The van der Waals surface area contributed by atoms with Gasteiger partial charge < -0.3 is 9.64 Å². The number of hydrogen-bond acceptors (Lipinski definition) is 9. The molecule has 2 aromatic heterocycles. The summed E-state index contributed by atoms with van der Waals surface area (Å²) >= 11 is 0. The molecule has 4 aliphatic rings. The van der Waals surface area contributed by atoms with Crippen molar-refractivity contribution in [2.75, 3.05) is 46.0 Å². The van der Waals surface area contributed by atoms with E-state index >= 15 is 0 Å². The monoisotopic (exact) mass is 624 g/mol. The van der Waals surface area contributed by atoms with Crippen LogP contribution in [0.25, 0.3) is 16.7 Å². The van der Waals surface area contributed by atoms with Gasteiger partial charge in [0.2, 0.25) is 0 Å². The van der Waals surface area contributed by atoms with Crippen LogP contribution in [0.2, 0.25) is 0 Å². The van der Waals surface area contributed by atoms with Crippen molar-refractivity contribution >= 4 is 27.1 Å². The van der Waals surface area contributed by atoms with Gasteiger partial charge in [-0.3, -0.25) is 4.79 Å². The molecule has 44 heavy (non-hydrogen) atoms. The van der Waals surface area contributed by atoms with E-state index < -0.39 is 16.1 Å². The zero-order chi connectivity index (χ0) is 30.1. The summed E-state index contributed by atoms with van der Waals surface area (Å²) in [5, 5.41) is 5.75. The lowest BCUT2D eigenvalue weighted by Gasteiger charge is -2.35. The Morgan fingerprint density at radius 3 is 2.43 bits per heavy atom.